The van der Waals surface area contributed by atoms with Crippen LogP contribution in [0.1, 0.15) is 35.7 Å². The van der Waals surface area contributed by atoms with Crippen LogP contribution in [0.2, 0.25) is 5.02 Å². The Labute approximate surface area is 133 Å². The number of nitrogens with one attached hydrogen (secondary N) is 1. The van der Waals surface area contributed by atoms with Gasteiger partial charge >= 0.3 is 0 Å². The molecule has 6 heteroatoms. The van der Waals surface area contributed by atoms with E-state index in [0.29, 0.717) is 22.9 Å². The number of hydrogen-bond donors (Lipinski definition) is 1. The van der Waals surface area contributed by atoms with Crippen LogP contribution < -0.4 is 5.32 Å². The quantitative estimate of drug-likeness (QED) is 0.818. The highest BCUT2D eigenvalue weighted by molar-refractivity contribution is 7.99. The molecule has 112 valence electrons. The molecule has 1 amide bonds. The molecule has 0 aliphatic rings. The maximum Gasteiger partial charge on any atom is 0.252 e. The first-order valence-electron chi connectivity index (χ1n) is 6.79. The van der Waals surface area contributed by atoms with Gasteiger partial charge in [0.05, 0.1) is 17.8 Å². The number of carbonyl (C=O) groups is 1. The van der Waals surface area contributed by atoms with Gasteiger partial charge in [0.2, 0.25) is 0 Å². The Hall–Kier alpha value is -1.46. The Morgan fingerprint density at radius 1 is 1.38 bits per heavy atom. The average molecular weight is 325 g/mol. The summed E-state index contributed by atoms with van der Waals surface area (Å²) in [4.78, 5) is 13.2. The van der Waals surface area contributed by atoms with Gasteiger partial charge in [-0.1, -0.05) is 30.6 Å². The highest BCUT2D eigenvalue weighted by Gasteiger charge is 2.13. The average Bonchev–Trinajstić information content (AvgIpc) is 2.95. The van der Waals surface area contributed by atoms with Crippen molar-refractivity contribution in [2.24, 2.45) is 0 Å². The molecule has 0 fully saturated rings. The third-order valence-corrected chi connectivity index (χ3v) is 4.07. The summed E-state index contributed by atoms with van der Waals surface area (Å²) in [6.07, 6.45) is 0.809. The number of aromatic nitrogens is 1. The Bertz CT molecular complexity index is 628. The molecule has 2 rings (SSSR count). The molecule has 0 unspecified atom stereocenters. The van der Waals surface area contributed by atoms with Gasteiger partial charge in [0.25, 0.3) is 5.91 Å². The summed E-state index contributed by atoms with van der Waals surface area (Å²) >= 11 is 7.60. The third kappa shape index (κ3) is 4.25. The molecule has 0 saturated heterocycles. The van der Waals surface area contributed by atoms with Crippen LogP contribution in [0.3, 0.4) is 0 Å². The first-order valence-corrected chi connectivity index (χ1v) is 8.15. The second-order valence-electron chi connectivity index (χ2n) is 4.39. The normalized spacial score (nSPS) is 10.6. The molecule has 1 N–H and O–H groups in total. The summed E-state index contributed by atoms with van der Waals surface area (Å²) in [6.45, 7) is 4.36. The highest BCUT2D eigenvalue weighted by atomic mass is 35.5. The lowest BCUT2D eigenvalue weighted by molar-refractivity contribution is 0.0944. The number of rotatable bonds is 6. The number of carbonyl (C=O) groups excluding carboxylic acids is 1. The molecule has 0 bridgehead atoms. The largest absolute Gasteiger partial charge is 0.359 e. The molecule has 0 aliphatic carbocycles. The zero-order valence-corrected chi connectivity index (χ0v) is 13.6. The molecule has 1 aromatic carbocycles. The smallest absolute Gasteiger partial charge is 0.252 e. The third-order valence-electron chi connectivity index (χ3n) is 2.88. The van der Waals surface area contributed by atoms with Crippen molar-refractivity contribution < 1.29 is 9.32 Å². The first kappa shape index (κ1) is 15.9. The predicted molar refractivity (Wildman–Crippen MR) is 84.9 cm³/mol. The summed E-state index contributed by atoms with van der Waals surface area (Å²) in [6, 6.07) is 7.20. The van der Waals surface area contributed by atoms with E-state index in [9.17, 15) is 4.79 Å². The molecule has 4 nitrogen and oxygen atoms in total. The topological polar surface area (TPSA) is 55.1 Å². The fraction of sp³-hybridized carbons (Fsp3) is 0.333. The van der Waals surface area contributed by atoms with Crippen molar-refractivity contribution in [1.82, 2.24) is 10.5 Å². The number of aryl methyl sites for hydroxylation is 1. The number of hydrogen-bond acceptors (Lipinski definition) is 4. The second-order valence-corrected chi connectivity index (χ2v) is 6.14. The second kappa shape index (κ2) is 7.52. The van der Waals surface area contributed by atoms with Gasteiger partial charge in [0.15, 0.2) is 5.76 Å². The van der Waals surface area contributed by atoms with E-state index in [0.717, 1.165) is 22.8 Å². The standard InChI is InChI=1S/C15H17ClN2O2S/c1-3-11-8-12(20-18-11)9-17-15(19)13-7-10(16)5-6-14(13)21-4-2/h5-8H,3-4,9H2,1-2H3,(H,17,19). The van der Waals surface area contributed by atoms with E-state index in [1.807, 2.05) is 26.0 Å². The minimum atomic E-state index is -0.164. The van der Waals surface area contributed by atoms with Gasteiger partial charge in [-0.2, -0.15) is 0 Å². The van der Waals surface area contributed by atoms with Gasteiger partial charge in [-0.15, -0.1) is 11.8 Å². The van der Waals surface area contributed by atoms with E-state index < -0.39 is 0 Å². The van der Waals surface area contributed by atoms with E-state index >= 15 is 0 Å². The van der Waals surface area contributed by atoms with Gasteiger partial charge in [-0.3, -0.25) is 4.79 Å². The summed E-state index contributed by atoms with van der Waals surface area (Å²) in [5.74, 6) is 1.37. The first-order chi connectivity index (χ1) is 10.1. The van der Waals surface area contributed by atoms with Crippen LogP contribution in [0.15, 0.2) is 33.7 Å². The van der Waals surface area contributed by atoms with Crippen molar-refractivity contribution >= 4 is 29.3 Å². The van der Waals surface area contributed by atoms with Crippen LogP contribution in [-0.4, -0.2) is 16.8 Å². The Balaban J connectivity index is 2.07. The zero-order valence-electron chi connectivity index (χ0n) is 12.0. The maximum atomic E-state index is 12.3. The Morgan fingerprint density at radius 2 is 2.19 bits per heavy atom. The molecule has 0 spiro atoms. The molecule has 0 radical (unpaired) electrons. The van der Waals surface area contributed by atoms with Gasteiger partial charge in [-0.25, -0.2) is 0 Å². The van der Waals surface area contributed by atoms with E-state index in [2.05, 4.69) is 10.5 Å². The van der Waals surface area contributed by atoms with Crippen molar-refractivity contribution in [1.29, 1.82) is 0 Å². The van der Waals surface area contributed by atoms with Gasteiger partial charge in [0.1, 0.15) is 0 Å². The van der Waals surface area contributed by atoms with Crippen molar-refractivity contribution in [3.63, 3.8) is 0 Å². The molecule has 2 aromatic rings. The molecule has 0 atom stereocenters. The van der Waals surface area contributed by atoms with Crippen LogP contribution in [0, 0.1) is 0 Å². The number of thioether (sulfide) groups is 1. The molecule has 1 heterocycles. The van der Waals surface area contributed by atoms with Crippen LogP contribution in [0.5, 0.6) is 0 Å². The Morgan fingerprint density at radius 3 is 2.86 bits per heavy atom. The van der Waals surface area contributed by atoms with Crippen LogP contribution in [0.25, 0.3) is 0 Å². The summed E-state index contributed by atoms with van der Waals surface area (Å²) in [5, 5.41) is 7.28. The van der Waals surface area contributed by atoms with Gasteiger partial charge in [0, 0.05) is 16.0 Å². The van der Waals surface area contributed by atoms with E-state index in [4.69, 9.17) is 16.1 Å². The lowest BCUT2D eigenvalue weighted by atomic mass is 10.2. The maximum absolute atomic E-state index is 12.3. The van der Waals surface area contributed by atoms with E-state index in [-0.39, 0.29) is 5.91 Å². The number of amides is 1. The lowest BCUT2D eigenvalue weighted by Crippen LogP contribution is -2.23. The summed E-state index contributed by atoms with van der Waals surface area (Å²) in [7, 11) is 0. The fourth-order valence-electron chi connectivity index (χ4n) is 1.83. The molecule has 0 aliphatic heterocycles. The monoisotopic (exact) mass is 324 g/mol. The van der Waals surface area contributed by atoms with Crippen molar-refractivity contribution in [2.45, 2.75) is 31.7 Å². The molecule has 0 saturated carbocycles. The molecule has 21 heavy (non-hydrogen) atoms. The fourth-order valence-corrected chi connectivity index (χ4v) is 2.78. The minimum Gasteiger partial charge on any atom is -0.359 e. The SMILES string of the molecule is CCSc1ccc(Cl)cc1C(=O)NCc1cc(CC)no1. The van der Waals surface area contributed by atoms with Crippen molar-refractivity contribution in [3.8, 4) is 0 Å². The van der Waals surface area contributed by atoms with E-state index in [1.165, 1.54) is 0 Å². The van der Waals surface area contributed by atoms with Gasteiger partial charge in [-0.05, 0) is 30.4 Å². The van der Waals surface area contributed by atoms with E-state index in [1.54, 1.807) is 23.9 Å². The van der Waals surface area contributed by atoms with Gasteiger partial charge < -0.3 is 9.84 Å². The molecule has 1 aromatic heterocycles. The number of halogens is 1. The van der Waals surface area contributed by atoms with Crippen LogP contribution in [0.4, 0.5) is 0 Å². The molecular weight excluding hydrogens is 308 g/mol. The van der Waals surface area contributed by atoms with Crippen molar-refractivity contribution in [2.75, 3.05) is 5.75 Å². The van der Waals surface area contributed by atoms with Crippen LogP contribution >= 0.6 is 23.4 Å². The van der Waals surface area contributed by atoms with Crippen LogP contribution in [-0.2, 0) is 13.0 Å². The summed E-state index contributed by atoms with van der Waals surface area (Å²) in [5.41, 5.74) is 1.47. The number of nitrogens with zero attached hydrogens (tertiary/aromatic N) is 1. The zero-order chi connectivity index (χ0) is 15.2. The Kier molecular flexibility index (Phi) is 5.70. The highest BCUT2D eigenvalue weighted by Crippen LogP contribution is 2.25. The molecular formula is C15H17ClN2O2S. The minimum absolute atomic E-state index is 0.164. The van der Waals surface area contributed by atoms with Crippen molar-refractivity contribution in [3.05, 3.63) is 46.3 Å². The number of benzene rings is 1. The lowest BCUT2D eigenvalue weighted by Gasteiger charge is -2.09. The summed E-state index contributed by atoms with van der Waals surface area (Å²) < 4.78 is 5.15. The predicted octanol–water partition coefficient (Wildman–Crippen LogP) is 3.93.